The number of methoxy groups -OCH3 is 1. The van der Waals surface area contributed by atoms with Gasteiger partial charge in [0.05, 0.1) is 7.11 Å². The average Bonchev–Trinajstić information content (AvgIpc) is 2.71. The van der Waals surface area contributed by atoms with Gasteiger partial charge in [-0.05, 0) is 0 Å². The molecule has 1 aliphatic rings. The van der Waals surface area contributed by atoms with Gasteiger partial charge in [-0.1, -0.05) is 0 Å². The van der Waals surface area contributed by atoms with Crippen LogP contribution in [0.25, 0.3) is 0 Å². The highest BCUT2D eigenvalue weighted by molar-refractivity contribution is 5.75. The smallest absolute Gasteiger partial charge is 0.338 e. The highest BCUT2D eigenvalue weighted by Crippen LogP contribution is 2.30. The third-order valence-corrected chi connectivity index (χ3v) is 4.15. The van der Waals surface area contributed by atoms with E-state index in [0.717, 1.165) is 41.7 Å². The lowest BCUT2D eigenvalue weighted by Gasteiger charge is -2.44. The number of ether oxygens (including phenoxy) is 8. The van der Waals surface area contributed by atoms with E-state index >= 15 is 0 Å². The fraction of sp³-hybridized carbons (Fsp3) is 0.700. The molecule has 0 amide bonds. The molecule has 0 aliphatic carbocycles. The average molecular weight is 492 g/mol. The fourth-order valence-corrected chi connectivity index (χ4v) is 2.95. The topological polar surface area (TPSA) is 176 Å². The first-order chi connectivity index (χ1) is 15.8. The summed E-state index contributed by atoms with van der Waals surface area (Å²) in [5, 5.41) is 0. The molecule has 0 aromatic heterocycles. The van der Waals surface area contributed by atoms with Crippen LogP contribution >= 0.6 is 0 Å². The van der Waals surface area contributed by atoms with Crippen LogP contribution in [0.5, 0.6) is 0 Å². The van der Waals surface area contributed by atoms with Crippen molar-refractivity contribution < 1.29 is 66.7 Å². The molecule has 1 unspecified atom stereocenters. The molecular weight excluding hydrogens is 464 g/mol. The highest BCUT2D eigenvalue weighted by atomic mass is 16.7. The highest BCUT2D eigenvalue weighted by Gasteiger charge is 2.53. The van der Waals surface area contributed by atoms with E-state index in [-0.39, 0.29) is 0 Å². The molecule has 0 saturated carbocycles. The van der Waals surface area contributed by atoms with Gasteiger partial charge in [0, 0.05) is 34.6 Å². The van der Waals surface area contributed by atoms with Crippen molar-refractivity contribution in [1.29, 1.82) is 0 Å². The fourth-order valence-electron chi connectivity index (χ4n) is 2.95. The standard InChI is InChI=1S/C20H28O14/c1-9(21)28-7-14-16(30-11(3)23)17(31-12(4)24)18(32-13(5)25)20(33-14)34-15(19(26)27-6)8-29-10(2)22/h14-18,20H,7-8H2,1-6H3/t14-,15+,16+,17+,18-,20?/m1/s1. The quantitative estimate of drug-likeness (QED) is 0.273. The molecule has 0 N–H and O–H groups in total. The summed E-state index contributed by atoms with van der Waals surface area (Å²) in [5.41, 5.74) is 0. The molecule has 14 heteroatoms. The lowest BCUT2D eigenvalue weighted by Crippen LogP contribution is -2.63. The molecule has 0 aromatic rings. The molecular formula is C20H28O14. The molecule has 0 radical (unpaired) electrons. The van der Waals surface area contributed by atoms with E-state index in [0.29, 0.717) is 0 Å². The number of hydrogen-bond donors (Lipinski definition) is 0. The zero-order valence-electron chi connectivity index (χ0n) is 19.6. The summed E-state index contributed by atoms with van der Waals surface area (Å²) in [4.78, 5) is 70.0. The third kappa shape index (κ3) is 9.31. The molecule has 34 heavy (non-hydrogen) atoms. The van der Waals surface area contributed by atoms with Gasteiger partial charge in [0.25, 0.3) is 0 Å². The predicted molar refractivity (Wildman–Crippen MR) is 105 cm³/mol. The Morgan fingerprint density at radius 1 is 0.706 bits per heavy atom. The molecule has 1 rings (SSSR count). The van der Waals surface area contributed by atoms with Crippen molar-refractivity contribution in [1.82, 2.24) is 0 Å². The van der Waals surface area contributed by atoms with E-state index in [9.17, 15) is 28.8 Å². The van der Waals surface area contributed by atoms with Crippen LogP contribution in [0.1, 0.15) is 34.6 Å². The normalized spacial score (nSPS) is 24.7. The van der Waals surface area contributed by atoms with E-state index in [1.807, 2.05) is 0 Å². The molecule has 6 atom stereocenters. The second kappa shape index (κ2) is 13.4. The summed E-state index contributed by atoms with van der Waals surface area (Å²) in [5.74, 6) is -4.88. The minimum Gasteiger partial charge on any atom is -0.467 e. The first-order valence-electron chi connectivity index (χ1n) is 10.0. The minimum atomic E-state index is -1.64. The summed E-state index contributed by atoms with van der Waals surface area (Å²) >= 11 is 0. The van der Waals surface area contributed by atoms with Crippen LogP contribution in [0.3, 0.4) is 0 Å². The Kier molecular flexibility index (Phi) is 11.4. The molecule has 1 aliphatic heterocycles. The minimum absolute atomic E-state index is 0.482. The predicted octanol–water partition coefficient (Wildman–Crippen LogP) is -0.809. The Morgan fingerprint density at radius 2 is 1.21 bits per heavy atom. The first-order valence-corrected chi connectivity index (χ1v) is 10.0. The lowest BCUT2D eigenvalue weighted by atomic mass is 9.98. The summed E-state index contributed by atoms with van der Waals surface area (Å²) in [6.07, 6.45) is -8.90. The SMILES string of the molecule is COC(=O)[C@H](COC(C)=O)OC1O[C@H](COC(C)=O)[C@H](OC(C)=O)[C@H](OC(C)=O)[C@H]1OC(C)=O. The maximum absolute atomic E-state index is 12.2. The molecule has 14 nitrogen and oxygen atoms in total. The summed E-state index contributed by atoms with van der Waals surface area (Å²) in [6.45, 7) is 4.32. The van der Waals surface area contributed by atoms with Gasteiger partial charge in [-0.3, -0.25) is 24.0 Å². The van der Waals surface area contributed by atoms with Gasteiger partial charge in [-0.2, -0.15) is 0 Å². The van der Waals surface area contributed by atoms with Gasteiger partial charge in [0.2, 0.25) is 0 Å². The Bertz CT molecular complexity index is 777. The number of hydrogen-bond acceptors (Lipinski definition) is 14. The molecule has 0 aromatic carbocycles. The second-order valence-corrected chi connectivity index (χ2v) is 7.02. The number of rotatable bonds is 10. The Balaban J connectivity index is 3.42. The van der Waals surface area contributed by atoms with Crippen LogP contribution in [-0.4, -0.2) is 92.9 Å². The van der Waals surface area contributed by atoms with Crippen molar-refractivity contribution in [3.63, 3.8) is 0 Å². The molecule has 0 spiro atoms. The Hall–Kier alpha value is -3.26. The molecule has 1 saturated heterocycles. The van der Waals surface area contributed by atoms with E-state index in [2.05, 4.69) is 4.74 Å². The van der Waals surface area contributed by atoms with Crippen LogP contribution in [0.2, 0.25) is 0 Å². The monoisotopic (exact) mass is 492 g/mol. The number of carbonyl (C=O) groups excluding carboxylic acids is 6. The lowest BCUT2D eigenvalue weighted by molar-refractivity contribution is -0.317. The molecule has 192 valence electrons. The van der Waals surface area contributed by atoms with Crippen molar-refractivity contribution in [2.45, 2.75) is 71.4 Å². The number of esters is 6. The maximum atomic E-state index is 12.2. The van der Waals surface area contributed by atoms with Gasteiger partial charge in [-0.25, -0.2) is 4.79 Å². The van der Waals surface area contributed by atoms with Crippen LogP contribution in [0, 0.1) is 0 Å². The van der Waals surface area contributed by atoms with Crippen LogP contribution in [-0.2, 0) is 66.7 Å². The van der Waals surface area contributed by atoms with Gasteiger partial charge >= 0.3 is 35.8 Å². The number of carbonyl (C=O) groups is 6. The molecule has 0 bridgehead atoms. The van der Waals surface area contributed by atoms with E-state index in [1.165, 1.54) is 0 Å². The summed E-state index contributed by atoms with van der Waals surface area (Å²) in [7, 11) is 1.06. The zero-order valence-corrected chi connectivity index (χ0v) is 19.6. The van der Waals surface area contributed by atoms with Crippen LogP contribution in [0.15, 0.2) is 0 Å². The van der Waals surface area contributed by atoms with Gasteiger partial charge < -0.3 is 37.9 Å². The van der Waals surface area contributed by atoms with Crippen molar-refractivity contribution >= 4 is 35.8 Å². The molecule has 1 fully saturated rings. The van der Waals surface area contributed by atoms with Crippen LogP contribution < -0.4 is 0 Å². The Morgan fingerprint density at radius 3 is 1.68 bits per heavy atom. The largest absolute Gasteiger partial charge is 0.467 e. The van der Waals surface area contributed by atoms with Gasteiger partial charge in [0.15, 0.2) is 30.7 Å². The zero-order chi connectivity index (χ0) is 26.0. The van der Waals surface area contributed by atoms with E-state index in [4.69, 9.17) is 33.2 Å². The van der Waals surface area contributed by atoms with Gasteiger partial charge in [-0.15, -0.1) is 0 Å². The first kappa shape index (κ1) is 28.8. The summed E-state index contributed by atoms with van der Waals surface area (Å²) < 4.78 is 41.4. The maximum Gasteiger partial charge on any atom is 0.338 e. The Labute approximate surface area is 195 Å². The van der Waals surface area contributed by atoms with Gasteiger partial charge in [0.1, 0.15) is 19.3 Å². The van der Waals surface area contributed by atoms with Crippen molar-refractivity contribution in [2.24, 2.45) is 0 Å². The van der Waals surface area contributed by atoms with Crippen molar-refractivity contribution in [2.75, 3.05) is 20.3 Å². The molecule has 1 heterocycles. The van der Waals surface area contributed by atoms with Crippen LogP contribution in [0.4, 0.5) is 0 Å². The van der Waals surface area contributed by atoms with E-state index in [1.54, 1.807) is 0 Å². The van der Waals surface area contributed by atoms with Crippen molar-refractivity contribution in [3.8, 4) is 0 Å². The van der Waals surface area contributed by atoms with Crippen molar-refractivity contribution in [3.05, 3.63) is 0 Å². The summed E-state index contributed by atoms with van der Waals surface area (Å²) in [6, 6.07) is 0. The van der Waals surface area contributed by atoms with E-state index < -0.39 is 85.8 Å². The third-order valence-electron chi connectivity index (χ3n) is 4.15. The second-order valence-electron chi connectivity index (χ2n) is 7.02.